The number of rotatable bonds is 3. The first-order chi connectivity index (χ1) is 7.66. The molecule has 2 rings (SSSR count). The maximum Gasteiger partial charge on any atom is 0.270 e. The fraction of sp³-hybridized carbons (Fsp3) is 0.500. The van der Waals surface area contributed by atoms with Gasteiger partial charge in [0, 0.05) is 6.04 Å². The van der Waals surface area contributed by atoms with Crippen LogP contribution in [0.5, 0.6) is 0 Å². The highest BCUT2D eigenvalue weighted by Gasteiger charge is 2.25. The molecule has 86 valence electrons. The molecule has 0 aliphatic heterocycles. The summed E-state index contributed by atoms with van der Waals surface area (Å²) in [6, 6.07) is 3.58. The van der Waals surface area contributed by atoms with Gasteiger partial charge in [-0.25, -0.2) is 4.98 Å². The standard InChI is InChI=1S/C12H17N3O/c1-8(9-3-2-4-9)15-12(16)11-6-5-10(13)7-14-11/h5-9H,2-4,13H2,1H3,(H,15,16). The van der Waals surface area contributed by atoms with Gasteiger partial charge in [0.25, 0.3) is 5.91 Å². The summed E-state index contributed by atoms with van der Waals surface area (Å²) in [6.45, 7) is 2.05. The van der Waals surface area contributed by atoms with Crippen LogP contribution in [0.4, 0.5) is 5.69 Å². The normalized spacial score (nSPS) is 17.6. The van der Waals surface area contributed by atoms with Crippen molar-refractivity contribution in [2.45, 2.75) is 32.2 Å². The molecule has 16 heavy (non-hydrogen) atoms. The molecular formula is C12H17N3O. The molecule has 4 nitrogen and oxygen atoms in total. The van der Waals surface area contributed by atoms with Gasteiger partial charge in [0.1, 0.15) is 5.69 Å². The van der Waals surface area contributed by atoms with Crippen LogP contribution in [0.3, 0.4) is 0 Å². The minimum atomic E-state index is -0.112. The Hall–Kier alpha value is -1.58. The molecule has 1 aliphatic carbocycles. The van der Waals surface area contributed by atoms with Gasteiger partial charge >= 0.3 is 0 Å². The first-order valence-corrected chi connectivity index (χ1v) is 5.69. The fourth-order valence-corrected chi connectivity index (χ4v) is 1.88. The van der Waals surface area contributed by atoms with Crippen LogP contribution < -0.4 is 11.1 Å². The fourth-order valence-electron chi connectivity index (χ4n) is 1.88. The van der Waals surface area contributed by atoms with Crippen molar-refractivity contribution in [1.29, 1.82) is 0 Å². The van der Waals surface area contributed by atoms with Crippen molar-refractivity contribution in [3.8, 4) is 0 Å². The number of carbonyl (C=O) groups is 1. The number of anilines is 1. The Morgan fingerprint density at radius 3 is 2.81 bits per heavy atom. The topological polar surface area (TPSA) is 68.0 Å². The Kier molecular flexibility index (Phi) is 3.08. The smallest absolute Gasteiger partial charge is 0.270 e. The number of amides is 1. The summed E-state index contributed by atoms with van der Waals surface area (Å²) in [5, 5.41) is 2.98. The Bertz CT molecular complexity index is 370. The lowest BCUT2D eigenvalue weighted by molar-refractivity contribution is 0.0904. The lowest BCUT2D eigenvalue weighted by Crippen LogP contribution is -2.40. The van der Waals surface area contributed by atoms with Crippen LogP contribution in [0.2, 0.25) is 0 Å². The molecule has 1 aliphatic rings. The summed E-state index contributed by atoms with van der Waals surface area (Å²) < 4.78 is 0. The van der Waals surface area contributed by atoms with Crippen molar-refractivity contribution < 1.29 is 4.79 Å². The molecular weight excluding hydrogens is 202 g/mol. The maximum absolute atomic E-state index is 11.8. The van der Waals surface area contributed by atoms with Gasteiger partial charge in [0.2, 0.25) is 0 Å². The van der Waals surface area contributed by atoms with E-state index in [4.69, 9.17) is 5.73 Å². The first kappa shape index (κ1) is 10.9. The van der Waals surface area contributed by atoms with E-state index in [1.165, 1.54) is 25.5 Å². The molecule has 1 heterocycles. The number of pyridine rings is 1. The average Bonchev–Trinajstić information content (AvgIpc) is 2.15. The first-order valence-electron chi connectivity index (χ1n) is 5.69. The van der Waals surface area contributed by atoms with E-state index in [0.717, 1.165) is 0 Å². The molecule has 1 fully saturated rings. The third kappa shape index (κ3) is 2.32. The number of hydrogen-bond donors (Lipinski definition) is 2. The summed E-state index contributed by atoms with van der Waals surface area (Å²) >= 11 is 0. The molecule has 0 spiro atoms. The van der Waals surface area contributed by atoms with Crippen LogP contribution in [0.25, 0.3) is 0 Å². The summed E-state index contributed by atoms with van der Waals surface area (Å²) in [6.07, 6.45) is 5.22. The van der Waals surface area contributed by atoms with Gasteiger partial charge in [-0.15, -0.1) is 0 Å². The molecule has 0 bridgehead atoms. The van der Waals surface area contributed by atoms with Gasteiger partial charge in [-0.2, -0.15) is 0 Å². The number of nitrogens with zero attached hydrogens (tertiary/aromatic N) is 1. The minimum absolute atomic E-state index is 0.112. The van der Waals surface area contributed by atoms with Gasteiger partial charge in [-0.05, 0) is 37.8 Å². The number of nitrogen functional groups attached to an aromatic ring is 1. The highest BCUT2D eigenvalue weighted by molar-refractivity contribution is 5.92. The molecule has 0 saturated heterocycles. The predicted octanol–water partition coefficient (Wildman–Crippen LogP) is 1.58. The Morgan fingerprint density at radius 1 is 1.56 bits per heavy atom. The van der Waals surface area contributed by atoms with E-state index in [-0.39, 0.29) is 11.9 Å². The molecule has 1 aromatic heterocycles. The Morgan fingerprint density at radius 2 is 2.31 bits per heavy atom. The predicted molar refractivity (Wildman–Crippen MR) is 62.9 cm³/mol. The van der Waals surface area contributed by atoms with Crippen molar-refractivity contribution in [2.75, 3.05) is 5.73 Å². The zero-order valence-corrected chi connectivity index (χ0v) is 9.44. The van der Waals surface area contributed by atoms with Gasteiger partial charge in [0.05, 0.1) is 11.9 Å². The molecule has 3 N–H and O–H groups in total. The average molecular weight is 219 g/mol. The van der Waals surface area contributed by atoms with E-state index in [1.54, 1.807) is 12.1 Å². The second kappa shape index (κ2) is 4.51. The quantitative estimate of drug-likeness (QED) is 0.811. The number of hydrogen-bond acceptors (Lipinski definition) is 3. The summed E-state index contributed by atoms with van der Waals surface area (Å²) in [5.41, 5.74) is 6.52. The molecule has 1 atom stereocenters. The van der Waals surface area contributed by atoms with E-state index in [2.05, 4.69) is 17.2 Å². The molecule has 1 unspecified atom stereocenters. The number of nitrogens with two attached hydrogens (primary N) is 1. The lowest BCUT2D eigenvalue weighted by Gasteiger charge is -2.31. The van der Waals surface area contributed by atoms with Crippen LogP contribution in [0, 0.1) is 5.92 Å². The van der Waals surface area contributed by atoms with Crippen molar-refractivity contribution in [3.05, 3.63) is 24.0 Å². The minimum Gasteiger partial charge on any atom is -0.397 e. The summed E-state index contributed by atoms with van der Waals surface area (Å²) in [5.74, 6) is 0.525. The monoisotopic (exact) mass is 219 g/mol. The molecule has 1 amide bonds. The van der Waals surface area contributed by atoms with Gasteiger partial charge in [-0.3, -0.25) is 4.79 Å². The Labute approximate surface area is 95.3 Å². The highest BCUT2D eigenvalue weighted by atomic mass is 16.1. The van der Waals surface area contributed by atoms with Crippen molar-refractivity contribution in [1.82, 2.24) is 10.3 Å². The SMILES string of the molecule is CC(NC(=O)c1ccc(N)cn1)C1CCC1. The number of aromatic nitrogens is 1. The summed E-state index contributed by atoms with van der Waals surface area (Å²) in [4.78, 5) is 15.8. The van der Waals surface area contributed by atoms with Crippen LogP contribution in [-0.2, 0) is 0 Å². The molecule has 0 aromatic carbocycles. The third-order valence-corrected chi connectivity index (χ3v) is 3.23. The second-order valence-electron chi connectivity index (χ2n) is 4.43. The van der Waals surface area contributed by atoms with E-state index in [9.17, 15) is 4.79 Å². The van der Waals surface area contributed by atoms with Crippen molar-refractivity contribution in [2.24, 2.45) is 5.92 Å². The zero-order valence-electron chi connectivity index (χ0n) is 9.44. The second-order valence-corrected chi connectivity index (χ2v) is 4.43. The highest BCUT2D eigenvalue weighted by Crippen LogP contribution is 2.29. The van der Waals surface area contributed by atoms with Gasteiger partial charge < -0.3 is 11.1 Å². The Balaban J connectivity index is 1.94. The number of nitrogens with one attached hydrogen (secondary N) is 1. The van der Waals surface area contributed by atoms with Crippen LogP contribution in [0.1, 0.15) is 36.7 Å². The van der Waals surface area contributed by atoms with E-state index in [1.807, 2.05) is 0 Å². The molecule has 0 radical (unpaired) electrons. The van der Waals surface area contributed by atoms with E-state index < -0.39 is 0 Å². The molecule has 4 heteroatoms. The molecule has 1 aromatic rings. The maximum atomic E-state index is 11.8. The van der Waals surface area contributed by atoms with E-state index >= 15 is 0 Å². The largest absolute Gasteiger partial charge is 0.397 e. The van der Waals surface area contributed by atoms with Crippen LogP contribution >= 0.6 is 0 Å². The lowest BCUT2D eigenvalue weighted by atomic mass is 9.80. The van der Waals surface area contributed by atoms with Crippen LogP contribution in [-0.4, -0.2) is 16.9 Å². The van der Waals surface area contributed by atoms with Gasteiger partial charge in [0.15, 0.2) is 0 Å². The number of carbonyl (C=O) groups excluding carboxylic acids is 1. The van der Waals surface area contributed by atoms with Gasteiger partial charge in [-0.1, -0.05) is 6.42 Å². The molecule has 1 saturated carbocycles. The van der Waals surface area contributed by atoms with Crippen molar-refractivity contribution in [3.63, 3.8) is 0 Å². The van der Waals surface area contributed by atoms with Crippen molar-refractivity contribution >= 4 is 11.6 Å². The third-order valence-electron chi connectivity index (χ3n) is 3.23. The summed E-state index contributed by atoms with van der Waals surface area (Å²) in [7, 11) is 0. The zero-order chi connectivity index (χ0) is 11.5. The van der Waals surface area contributed by atoms with E-state index in [0.29, 0.717) is 17.3 Å². The van der Waals surface area contributed by atoms with Crippen LogP contribution in [0.15, 0.2) is 18.3 Å².